The van der Waals surface area contributed by atoms with E-state index in [2.05, 4.69) is 141 Å². The van der Waals surface area contributed by atoms with Gasteiger partial charge >= 0.3 is 0 Å². The molecule has 39 heavy (non-hydrogen) atoms. The molecule has 4 nitrogen and oxygen atoms in total. The quantitative estimate of drug-likeness (QED) is 0.139. The average Bonchev–Trinajstić information content (AvgIpc) is 2.91. The van der Waals surface area contributed by atoms with Crippen LogP contribution < -0.4 is 86.2 Å². The fourth-order valence-electron chi connectivity index (χ4n) is 4.80. The van der Waals surface area contributed by atoms with Gasteiger partial charge in [-0.3, -0.25) is 0 Å². The molecule has 202 valence electrons. The van der Waals surface area contributed by atoms with Gasteiger partial charge in [0.15, 0.2) is 75.8 Å². The van der Waals surface area contributed by atoms with E-state index in [1.807, 2.05) is 0 Å². The molecule has 0 fully saturated rings. The summed E-state index contributed by atoms with van der Waals surface area (Å²) in [6.45, 7) is 3.71. The van der Waals surface area contributed by atoms with Crippen LogP contribution in [0.2, 0.25) is 0 Å². The highest BCUT2D eigenvalue weighted by molar-refractivity contribution is 5.61. The first-order chi connectivity index (χ1) is 17.3. The second-order valence-electron chi connectivity index (χ2n) is 9.29. The number of halogens is 4. The van der Waals surface area contributed by atoms with Gasteiger partial charge in [-0.2, -0.15) is 0 Å². The molecule has 8 bridgehead atoms. The van der Waals surface area contributed by atoms with Gasteiger partial charge in [0.2, 0.25) is 0 Å². The van der Waals surface area contributed by atoms with Crippen molar-refractivity contribution in [3.8, 4) is 22.3 Å². The van der Waals surface area contributed by atoms with E-state index in [4.69, 9.17) is 0 Å². The highest BCUT2D eigenvalue weighted by atomic mass is 79.9. The third-order valence-electron chi connectivity index (χ3n) is 6.89. The van der Waals surface area contributed by atoms with Crippen molar-refractivity contribution in [3.63, 3.8) is 0 Å². The van der Waals surface area contributed by atoms with Crippen molar-refractivity contribution < 1.29 is 86.2 Å². The highest BCUT2D eigenvalue weighted by Crippen LogP contribution is 2.17. The standard InChI is InChI=1S/C31H30N4.4BrH/c1-2-5-31-25-35-22-12-29(13-23-35)27-8-18-33(19-9-27)15-3-14-32-16-6-26(7-17-32)28-10-20-34(21-11-28)24-30(31)4-1;;;;/h1-2,4-13,16-23H,3,14-15,24-25H2;4*1H/q+4;;;;/p-4. The number of nitrogens with zero attached hydrogens (tertiary/aromatic N) is 4. The third kappa shape index (κ3) is 8.13. The molecule has 12 rings (SSSR count). The molecule has 0 aliphatic carbocycles. The van der Waals surface area contributed by atoms with Crippen LogP contribution in [0.15, 0.2) is 122 Å². The Morgan fingerprint density at radius 3 is 0.949 bits per heavy atom. The zero-order valence-electron chi connectivity index (χ0n) is 21.4. The lowest BCUT2D eigenvalue weighted by Crippen LogP contribution is -3.00. The summed E-state index contributed by atoms with van der Waals surface area (Å²) >= 11 is 0. The van der Waals surface area contributed by atoms with Crippen LogP contribution in [0, 0.1) is 0 Å². The Morgan fingerprint density at radius 2 is 0.641 bits per heavy atom. The molecular weight excluding hydrogens is 748 g/mol. The van der Waals surface area contributed by atoms with Crippen LogP contribution in [0.4, 0.5) is 0 Å². The molecule has 0 N–H and O–H groups in total. The minimum absolute atomic E-state index is 0. The fraction of sp³-hybridized carbons (Fsp3) is 0.161. The van der Waals surface area contributed by atoms with Gasteiger partial charge in [0, 0.05) is 59.7 Å². The van der Waals surface area contributed by atoms with Crippen molar-refractivity contribution in [2.45, 2.75) is 32.6 Å². The summed E-state index contributed by atoms with van der Waals surface area (Å²) in [4.78, 5) is 0. The molecule has 0 unspecified atom stereocenters. The Hall–Kier alpha value is -2.26. The number of aromatic nitrogens is 4. The smallest absolute Gasteiger partial charge is 0.174 e. The van der Waals surface area contributed by atoms with Crippen molar-refractivity contribution in [2.75, 3.05) is 0 Å². The van der Waals surface area contributed by atoms with E-state index in [0.29, 0.717) is 0 Å². The summed E-state index contributed by atoms with van der Waals surface area (Å²) in [7, 11) is 0. The van der Waals surface area contributed by atoms with Crippen LogP contribution in [-0.4, -0.2) is 0 Å². The van der Waals surface area contributed by atoms with Crippen LogP contribution in [0.25, 0.3) is 22.3 Å². The van der Waals surface area contributed by atoms with Crippen LogP contribution in [-0.2, 0) is 26.2 Å². The van der Waals surface area contributed by atoms with Gasteiger partial charge in [-0.25, -0.2) is 18.3 Å². The maximum atomic E-state index is 2.27. The lowest BCUT2D eigenvalue weighted by atomic mass is 10.1. The first-order valence-corrected chi connectivity index (χ1v) is 12.3. The van der Waals surface area contributed by atoms with Gasteiger partial charge in [-0.15, -0.1) is 0 Å². The van der Waals surface area contributed by atoms with E-state index in [1.165, 1.54) is 33.4 Å². The van der Waals surface area contributed by atoms with Gasteiger partial charge in [-0.1, -0.05) is 24.3 Å². The maximum Gasteiger partial charge on any atom is 0.174 e. The summed E-state index contributed by atoms with van der Waals surface area (Å²) in [6.07, 6.45) is 18.6. The van der Waals surface area contributed by atoms with Crippen molar-refractivity contribution in [1.29, 1.82) is 0 Å². The molecule has 8 heteroatoms. The topological polar surface area (TPSA) is 15.5 Å². The molecule has 0 amide bonds. The molecule has 0 atom stereocenters. The molecular formula is C31H30Br4N4. The van der Waals surface area contributed by atoms with E-state index in [0.717, 1.165) is 32.6 Å². The van der Waals surface area contributed by atoms with Crippen LogP contribution in [0.1, 0.15) is 17.5 Å². The average molecular weight is 778 g/mol. The number of hydrogen-bond donors (Lipinski definition) is 0. The molecule has 4 aromatic heterocycles. The maximum absolute atomic E-state index is 2.27. The summed E-state index contributed by atoms with van der Waals surface area (Å²) in [5.41, 5.74) is 7.66. The third-order valence-corrected chi connectivity index (χ3v) is 6.89. The molecule has 5 aromatic rings. The molecule has 0 saturated heterocycles. The van der Waals surface area contributed by atoms with Gasteiger partial charge in [0.1, 0.15) is 0 Å². The SMILES string of the molecule is [Br-].[Br-].[Br-].[Br-].c1ccc2c(c1)C[n+]1ccc(cc1)-c1cc[n+](cc1)CCC[n+]1ccc(cc1)-c1cc[n+](cc1)C2. The summed E-state index contributed by atoms with van der Waals surface area (Å²) < 4.78 is 9.06. The van der Waals surface area contributed by atoms with Crippen LogP contribution in [0.3, 0.4) is 0 Å². The fourth-order valence-corrected chi connectivity index (χ4v) is 4.80. The molecule has 0 radical (unpaired) electrons. The van der Waals surface area contributed by atoms with Gasteiger partial charge in [0.25, 0.3) is 0 Å². The van der Waals surface area contributed by atoms with Crippen molar-refractivity contribution >= 4 is 0 Å². The van der Waals surface area contributed by atoms with Gasteiger partial charge < -0.3 is 67.9 Å². The Balaban J connectivity index is 0.00000133. The van der Waals surface area contributed by atoms with Crippen molar-refractivity contribution in [3.05, 3.63) is 133 Å². The predicted molar refractivity (Wildman–Crippen MR) is 134 cm³/mol. The second-order valence-corrected chi connectivity index (χ2v) is 9.29. The molecule has 7 aliphatic rings. The Labute approximate surface area is 272 Å². The first kappa shape index (κ1) is 32.9. The van der Waals surface area contributed by atoms with E-state index >= 15 is 0 Å². The largest absolute Gasteiger partial charge is 1.00 e. The second kappa shape index (κ2) is 15.5. The van der Waals surface area contributed by atoms with Crippen molar-refractivity contribution in [2.24, 2.45) is 0 Å². The number of rotatable bonds is 0. The van der Waals surface area contributed by atoms with Crippen molar-refractivity contribution in [1.82, 2.24) is 0 Å². The molecule has 7 aliphatic heterocycles. The predicted octanol–water partition coefficient (Wildman–Crippen LogP) is -8.31. The number of benzene rings is 1. The molecule has 0 spiro atoms. The lowest BCUT2D eigenvalue weighted by Gasteiger charge is -2.06. The highest BCUT2D eigenvalue weighted by Gasteiger charge is 2.14. The number of hydrogen-bond acceptors (Lipinski definition) is 0. The van der Waals surface area contributed by atoms with E-state index in [-0.39, 0.29) is 67.9 Å². The Bertz CT molecular complexity index is 1330. The van der Waals surface area contributed by atoms with Crippen LogP contribution >= 0.6 is 0 Å². The first-order valence-electron chi connectivity index (χ1n) is 12.3. The summed E-state index contributed by atoms with van der Waals surface area (Å²) in [5.74, 6) is 0. The zero-order valence-corrected chi connectivity index (χ0v) is 27.7. The number of aryl methyl sites for hydroxylation is 2. The molecule has 11 heterocycles. The minimum atomic E-state index is 0. The zero-order chi connectivity index (χ0) is 23.5. The van der Waals surface area contributed by atoms with Gasteiger partial charge in [0.05, 0.1) is 6.42 Å². The lowest BCUT2D eigenvalue weighted by molar-refractivity contribution is -0.726. The van der Waals surface area contributed by atoms with E-state index < -0.39 is 0 Å². The van der Waals surface area contributed by atoms with E-state index in [9.17, 15) is 0 Å². The van der Waals surface area contributed by atoms with Gasteiger partial charge in [-0.05, 0) is 22.3 Å². The summed E-state index contributed by atoms with van der Waals surface area (Å²) in [5, 5.41) is 0. The summed E-state index contributed by atoms with van der Waals surface area (Å²) in [6, 6.07) is 26.5. The minimum Gasteiger partial charge on any atom is -1.00 e. The Kier molecular flexibility index (Phi) is 13.1. The van der Waals surface area contributed by atoms with E-state index in [1.54, 1.807) is 0 Å². The Morgan fingerprint density at radius 1 is 0.359 bits per heavy atom. The molecule has 1 aromatic carbocycles. The molecule has 0 saturated carbocycles. The normalized spacial score (nSPS) is 11.8. The number of pyridine rings is 4. The monoisotopic (exact) mass is 774 g/mol. The van der Waals surface area contributed by atoms with Crippen LogP contribution in [0.5, 0.6) is 0 Å².